The van der Waals surface area contributed by atoms with Crippen molar-refractivity contribution in [3.8, 4) is 0 Å². The van der Waals surface area contributed by atoms with Crippen molar-refractivity contribution in [2.24, 2.45) is 0 Å². The zero-order chi connectivity index (χ0) is 13.3. The van der Waals surface area contributed by atoms with E-state index in [9.17, 15) is 9.59 Å². The summed E-state index contributed by atoms with van der Waals surface area (Å²) in [5, 5.41) is 0. The Hall–Kier alpha value is -1.13. The molecule has 1 aliphatic heterocycles. The van der Waals surface area contributed by atoms with Crippen LogP contribution < -0.4 is 4.90 Å². The molecule has 94 valence electrons. The van der Waals surface area contributed by atoms with Crippen LogP contribution in [0.1, 0.15) is 15.9 Å². The number of aryl methyl sites for hydroxylation is 1. The number of allylic oxidation sites excluding steroid dienone is 1. The van der Waals surface area contributed by atoms with Crippen molar-refractivity contribution in [2.75, 3.05) is 17.3 Å². The number of halogens is 2. The van der Waals surface area contributed by atoms with Gasteiger partial charge in [0.25, 0.3) is 11.7 Å². The van der Waals surface area contributed by atoms with Crippen LogP contribution >= 0.6 is 27.5 Å². The number of hydrogen-bond donors (Lipinski definition) is 0. The highest BCUT2D eigenvalue weighted by atomic mass is 79.9. The standard InChI is InChI=1S/C13H11BrClNO2/c1-8-6-9(14)7-10-11(8)16(5-3-2-4-15)13(18)12(10)17/h2-3,6-7H,4-5H2,1H3. The Balaban J connectivity index is 2.45. The lowest BCUT2D eigenvalue weighted by Gasteiger charge is -2.16. The Morgan fingerprint density at radius 3 is 2.72 bits per heavy atom. The SMILES string of the molecule is Cc1cc(Br)cc2c1N(CC=CCCl)C(=O)C2=O. The van der Waals surface area contributed by atoms with Crippen LogP contribution in [-0.2, 0) is 4.79 Å². The van der Waals surface area contributed by atoms with Gasteiger partial charge in [-0.15, -0.1) is 11.6 Å². The van der Waals surface area contributed by atoms with E-state index in [1.807, 2.05) is 13.0 Å². The number of rotatable bonds is 3. The Kier molecular flexibility index (Phi) is 3.88. The minimum Gasteiger partial charge on any atom is -0.301 e. The fourth-order valence-electron chi connectivity index (χ4n) is 2.02. The molecule has 1 aromatic rings. The predicted octanol–water partition coefficient (Wildman–Crippen LogP) is 3.08. The summed E-state index contributed by atoms with van der Waals surface area (Å²) < 4.78 is 0.804. The fourth-order valence-corrected chi connectivity index (χ4v) is 2.72. The molecule has 0 radical (unpaired) electrons. The molecule has 1 aliphatic rings. The second kappa shape index (κ2) is 5.24. The maximum atomic E-state index is 11.9. The topological polar surface area (TPSA) is 37.4 Å². The predicted molar refractivity (Wildman–Crippen MR) is 75.4 cm³/mol. The third-order valence-electron chi connectivity index (χ3n) is 2.76. The summed E-state index contributed by atoms with van der Waals surface area (Å²) in [6, 6.07) is 3.58. The minimum absolute atomic E-state index is 0.368. The molecule has 1 amide bonds. The molecule has 0 spiro atoms. The molecule has 0 bridgehead atoms. The average molecular weight is 329 g/mol. The Morgan fingerprint density at radius 1 is 1.33 bits per heavy atom. The van der Waals surface area contributed by atoms with E-state index in [4.69, 9.17) is 11.6 Å². The number of fused-ring (bicyclic) bond motifs is 1. The van der Waals surface area contributed by atoms with Gasteiger partial charge in [-0.2, -0.15) is 0 Å². The van der Waals surface area contributed by atoms with Crippen LogP contribution in [0.2, 0.25) is 0 Å². The highest BCUT2D eigenvalue weighted by molar-refractivity contribution is 9.10. The second-order valence-corrected chi connectivity index (χ2v) is 5.21. The van der Waals surface area contributed by atoms with E-state index in [0.717, 1.165) is 10.0 Å². The molecule has 3 nitrogen and oxygen atoms in total. The van der Waals surface area contributed by atoms with Crippen molar-refractivity contribution in [1.82, 2.24) is 0 Å². The molecule has 0 N–H and O–H groups in total. The molecule has 1 heterocycles. The highest BCUT2D eigenvalue weighted by Crippen LogP contribution is 2.34. The largest absolute Gasteiger partial charge is 0.301 e. The van der Waals surface area contributed by atoms with E-state index in [1.54, 1.807) is 18.2 Å². The Labute approximate surface area is 119 Å². The summed E-state index contributed by atoms with van der Waals surface area (Å²) in [5.41, 5.74) is 2.07. The first-order valence-electron chi connectivity index (χ1n) is 5.43. The van der Waals surface area contributed by atoms with E-state index in [2.05, 4.69) is 15.9 Å². The van der Waals surface area contributed by atoms with Crippen LogP contribution in [0, 0.1) is 6.92 Å². The van der Waals surface area contributed by atoms with E-state index in [1.165, 1.54) is 4.90 Å². The molecule has 0 saturated carbocycles. The summed E-state index contributed by atoms with van der Waals surface area (Å²) in [7, 11) is 0. The molecule has 5 heteroatoms. The van der Waals surface area contributed by atoms with Crippen molar-refractivity contribution in [1.29, 1.82) is 0 Å². The van der Waals surface area contributed by atoms with Crippen molar-refractivity contribution >= 4 is 44.9 Å². The number of alkyl halides is 1. The summed E-state index contributed by atoms with van der Waals surface area (Å²) >= 11 is 8.87. The molecule has 2 rings (SSSR count). The van der Waals surface area contributed by atoms with Crippen LogP contribution in [0.25, 0.3) is 0 Å². The maximum absolute atomic E-state index is 11.9. The minimum atomic E-state index is -0.481. The summed E-state index contributed by atoms with van der Waals surface area (Å²) in [6.45, 7) is 2.25. The van der Waals surface area contributed by atoms with Gasteiger partial charge in [0, 0.05) is 16.9 Å². The molecule has 0 aliphatic carbocycles. The van der Waals surface area contributed by atoms with Crippen molar-refractivity contribution in [2.45, 2.75) is 6.92 Å². The lowest BCUT2D eigenvalue weighted by Crippen LogP contribution is -2.30. The van der Waals surface area contributed by atoms with Gasteiger partial charge in [-0.25, -0.2) is 0 Å². The van der Waals surface area contributed by atoms with Crippen LogP contribution in [-0.4, -0.2) is 24.1 Å². The van der Waals surface area contributed by atoms with Gasteiger partial charge in [0.05, 0.1) is 11.3 Å². The number of carbonyl (C=O) groups excluding carboxylic acids is 2. The normalized spacial score (nSPS) is 14.7. The monoisotopic (exact) mass is 327 g/mol. The molecule has 0 atom stereocenters. The lowest BCUT2D eigenvalue weighted by atomic mass is 10.1. The van der Waals surface area contributed by atoms with Gasteiger partial charge in [0.1, 0.15) is 0 Å². The van der Waals surface area contributed by atoms with Gasteiger partial charge in [-0.05, 0) is 24.6 Å². The first-order chi connectivity index (χ1) is 8.56. The van der Waals surface area contributed by atoms with Crippen LogP contribution in [0.5, 0.6) is 0 Å². The zero-order valence-electron chi connectivity index (χ0n) is 9.74. The quantitative estimate of drug-likeness (QED) is 0.486. The number of hydrogen-bond acceptors (Lipinski definition) is 2. The van der Waals surface area contributed by atoms with Gasteiger partial charge >= 0.3 is 0 Å². The third-order valence-corrected chi connectivity index (χ3v) is 3.40. The van der Waals surface area contributed by atoms with E-state index >= 15 is 0 Å². The summed E-state index contributed by atoms with van der Waals surface area (Å²) in [5.74, 6) is -0.540. The van der Waals surface area contributed by atoms with Gasteiger partial charge < -0.3 is 4.90 Å². The molecule has 0 aromatic heterocycles. The molecule has 0 unspecified atom stereocenters. The first kappa shape index (κ1) is 13.3. The zero-order valence-corrected chi connectivity index (χ0v) is 12.1. The molecule has 0 fully saturated rings. The maximum Gasteiger partial charge on any atom is 0.299 e. The summed E-state index contributed by atoms with van der Waals surface area (Å²) in [4.78, 5) is 25.3. The average Bonchev–Trinajstić information content (AvgIpc) is 2.55. The van der Waals surface area contributed by atoms with Crippen molar-refractivity contribution in [3.63, 3.8) is 0 Å². The fraction of sp³-hybridized carbons (Fsp3) is 0.231. The van der Waals surface area contributed by atoms with E-state index in [-0.39, 0.29) is 0 Å². The number of Topliss-reactive ketones (excluding diaryl/α,β-unsaturated/α-hetero) is 1. The van der Waals surface area contributed by atoms with E-state index < -0.39 is 11.7 Å². The molecule has 0 saturated heterocycles. The number of nitrogens with zero attached hydrogens (tertiary/aromatic N) is 1. The van der Waals surface area contributed by atoms with Crippen molar-refractivity contribution < 1.29 is 9.59 Å². The first-order valence-corrected chi connectivity index (χ1v) is 6.76. The molecule has 1 aromatic carbocycles. The highest BCUT2D eigenvalue weighted by Gasteiger charge is 2.36. The van der Waals surface area contributed by atoms with Crippen LogP contribution in [0.4, 0.5) is 5.69 Å². The number of amides is 1. The number of benzene rings is 1. The number of anilines is 1. The van der Waals surface area contributed by atoms with Gasteiger partial charge in [-0.3, -0.25) is 9.59 Å². The van der Waals surface area contributed by atoms with Crippen molar-refractivity contribution in [3.05, 3.63) is 39.9 Å². The number of ketones is 1. The smallest absolute Gasteiger partial charge is 0.299 e. The van der Waals surface area contributed by atoms with E-state index in [0.29, 0.717) is 23.7 Å². The lowest BCUT2D eigenvalue weighted by molar-refractivity contribution is -0.114. The second-order valence-electron chi connectivity index (χ2n) is 3.99. The van der Waals surface area contributed by atoms with Gasteiger partial charge in [0.15, 0.2) is 0 Å². The number of carbonyl (C=O) groups is 2. The van der Waals surface area contributed by atoms with Gasteiger partial charge in [-0.1, -0.05) is 28.1 Å². The summed E-state index contributed by atoms with van der Waals surface area (Å²) in [6.07, 6.45) is 3.54. The molecule has 18 heavy (non-hydrogen) atoms. The Morgan fingerprint density at radius 2 is 2.06 bits per heavy atom. The molecular weight excluding hydrogens is 318 g/mol. The van der Waals surface area contributed by atoms with Crippen LogP contribution in [0.3, 0.4) is 0 Å². The molecular formula is C13H11BrClNO2. The van der Waals surface area contributed by atoms with Gasteiger partial charge in [0.2, 0.25) is 0 Å². The van der Waals surface area contributed by atoms with Crippen LogP contribution in [0.15, 0.2) is 28.8 Å². The third kappa shape index (κ3) is 2.22. The Bertz CT molecular complexity index is 554.